The predicted octanol–water partition coefficient (Wildman–Crippen LogP) is 3.73. The van der Waals surface area contributed by atoms with Crippen molar-refractivity contribution in [3.05, 3.63) is 41.5 Å². The smallest absolute Gasteiger partial charge is 0.0193 e. The molecular weight excluding hydrogens is 176 g/mol. The van der Waals surface area contributed by atoms with E-state index in [4.69, 9.17) is 0 Å². The fourth-order valence-corrected chi connectivity index (χ4v) is 2.79. The second-order valence-electron chi connectivity index (χ2n) is 3.29. The third-order valence-corrected chi connectivity index (χ3v) is 3.36. The van der Waals surface area contributed by atoms with Crippen molar-refractivity contribution in [1.29, 1.82) is 0 Å². The zero-order valence-electron chi connectivity index (χ0n) is 7.92. The van der Waals surface area contributed by atoms with Crippen LogP contribution < -0.4 is 0 Å². The van der Waals surface area contributed by atoms with Gasteiger partial charge in [-0.25, -0.2) is 0 Å². The summed E-state index contributed by atoms with van der Waals surface area (Å²) in [6.45, 7) is 2.20. The molecule has 0 N–H and O–H groups in total. The minimum Gasteiger partial charge on any atom is -0.152 e. The molecule has 0 spiro atoms. The third kappa shape index (κ3) is 1.80. The summed E-state index contributed by atoms with van der Waals surface area (Å²) >= 11 is 2.02. The Bertz CT molecular complexity index is 326. The lowest BCUT2D eigenvalue weighted by Gasteiger charge is -2.18. The molecule has 1 heterocycles. The first-order valence-electron chi connectivity index (χ1n) is 4.77. The van der Waals surface area contributed by atoms with E-state index in [0.29, 0.717) is 0 Å². The summed E-state index contributed by atoms with van der Waals surface area (Å²) in [7, 11) is 0. The van der Waals surface area contributed by atoms with Crippen molar-refractivity contribution in [2.75, 3.05) is 5.75 Å². The van der Waals surface area contributed by atoms with E-state index in [9.17, 15) is 0 Å². The van der Waals surface area contributed by atoms with Crippen LogP contribution in [0.1, 0.15) is 24.5 Å². The van der Waals surface area contributed by atoms with E-state index in [1.165, 1.54) is 28.2 Å². The molecule has 68 valence electrons. The largest absolute Gasteiger partial charge is 0.152 e. The molecule has 0 aliphatic carbocycles. The molecular formula is C12H14S. The summed E-state index contributed by atoms with van der Waals surface area (Å²) in [6, 6.07) is 8.76. The minimum absolute atomic E-state index is 1.14. The Morgan fingerprint density at radius 1 is 1.31 bits per heavy atom. The van der Waals surface area contributed by atoms with E-state index < -0.39 is 0 Å². The maximum absolute atomic E-state index is 2.35. The van der Waals surface area contributed by atoms with Gasteiger partial charge in [0, 0.05) is 11.5 Å². The molecule has 0 bridgehead atoms. The van der Waals surface area contributed by atoms with E-state index in [1.54, 1.807) is 0 Å². The molecule has 0 saturated carbocycles. The molecule has 1 heteroatoms. The zero-order chi connectivity index (χ0) is 9.10. The topological polar surface area (TPSA) is 0 Å². The highest BCUT2D eigenvalue weighted by Crippen LogP contribution is 2.32. The standard InChI is InChI=1S/C12H14S/c1-2-5-10-8-13-9-11-6-3-4-7-12(10)11/h3-7H,2,8-9H2,1H3/b10-5+. The Labute approximate surface area is 84.0 Å². The number of hydrogen-bond acceptors (Lipinski definition) is 1. The SMILES string of the molecule is CC/C=C1\CSCc2ccccc21. The number of benzene rings is 1. The Morgan fingerprint density at radius 2 is 2.15 bits per heavy atom. The van der Waals surface area contributed by atoms with Gasteiger partial charge in [0.1, 0.15) is 0 Å². The van der Waals surface area contributed by atoms with Crippen LogP contribution in [0.5, 0.6) is 0 Å². The predicted molar refractivity (Wildman–Crippen MR) is 60.9 cm³/mol. The second-order valence-corrected chi connectivity index (χ2v) is 4.27. The van der Waals surface area contributed by atoms with Crippen LogP contribution in [0.15, 0.2) is 30.3 Å². The van der Waals surface area contributed by atoms with E-state index in [-0.39, 0.29) is 0 Å². The molecule has 0 nitrogen and oxygen atoms in total. The molecule has 1 aliphatic heterocycles. The number of thioether (sulfide) groups is 1. The molecule has 0 atom stereocenters. The van der Waals surface area contributed by atoms with Crippen LogP contribution in [-0.4, -0.2) is 5.75 Å². The van der Waals surface area contributed by atoms with Crippen molar-refractivity contribution >= 4 is 17.3 Å². The van der Waals surface area contributed by atoms with Gasteiger partial charge in [-0.2, -0.15) is 11.8 Å². The Balaban J connectivity index is 2.42. The van der Waals surface area contributed by atoms with Gasteiger partial charge in [-0.1, -0.05) is 37.3 Å². The Hall–Kier alpha value is -0.690. The molecule has 1 aromatic rings. The van der Waals surface area contributed by atoms with Crippen LogP contribution >= 0.6 is 11.8 Å². The molecule has 0 aromatic heterocycles. The molecule has 2 rings (SSSR count). The van der Waals surface area contributed by atoms with Crippen LogP contribution in [-0.2, 0) is 5.75 Å². The highest BCUT2D eigenvalue weighted by molar-refractivity contribution is 7.99. The lowest BCUT2D eigenvalue weighted by atomic mass is 10.0. The number of allylic oxidation sites excluding steroid dienone is 1. The van der Waals surface area contributed by atoms with Gasteiger partial charge >= 0.3 is 0 Å². The van der Waals surface area contributed by atoms with Gasteiger partial charge in [0.15, 0.2) is 0 Å². The van der Waals surface area contributed by atoms with Gasteiger partial charge in [0.2, 0.25) is 0 Å². The lowest BCUT2D eigenvalue weighted by Crippen LogP contribution is -2.00. The summed E-state index contributed by atoms with van der Waals surface area (Å²) in [5.41, 5.74) is 4.50. The van der Waals surface area contributed by atoms with Crippen molar-refractivity contribution in [3.63, 3.8) is 0 Å². The first-order valence-corrected chi connectivity index (χ1v) is 5.92. The molecule has 0 unspecified atom stereocenters. The quantitative estimate of drug-likeness (QED) is 0.650. The van der Waals surface area contributed by atoms with Gasteiger partial charge in [-0.3, -0.25) is 0 Å². The second kappa shape index (κ2) is 4.01. The average molecular weight is 190 g/mol. The van der Waals surface area contributed by atoms with Crippen molar-refractivity contribution in [1.82, 2.24) is 0 Å². The Morgan fingerprint density at radius 3 is 3.00 bits per heavy atom. The van der Waals surface area contributed by atoms with Crippen LogP contribution in [0.2, 0.25) is 0 Å². The lowest BCUT2D eigenvalue weighted by molar-refractivity contribution is 1.21. The molecule has 0 fully saturated rings. The average Bonchev–Trinajstić information content (AvgIpc) is 2.19. The fraction of sp³-hybridized carbons (Fsp3) is 0.333. The molecule has 0 saturated heterocycles. The summed E-state index contributed by atoms with van der Waals surface area (Å²) in [5, 5.41) is 0. The van der Waals surface area contributed by atoms with Gasteiger partial charge in [0.25, 0.3) is 0 Å². The van der Waals surface area contributed by atoms with Gasteiger partial charge in [-0.15, -0.1) is 0 Å². The number of rotatable bonds is 1. The van der Waals surface area contributed by atoms with Gasteiger partial charge in [0.05, 0.1) is 0 Å². The van der Waals surface area contributed by atoms with E-state index in [2.05, 4.69) is 37.3 Å². The van der Waals surface area contributed by atoms with Crippen molar-refractivity contribution in [2.24, 2.45) is 0 Å². The number of hydrogen-bond donors (Lipinski definition) is 0. The van der Waals surface area contributed by atoms with E-state index in [1.807, 2.05) is 11.8 Å². The summed E-state index contributed by atoms with van der Waals surface area (Å²) < 4.78 is 0. The minimum atomic E-state index is 1.14. The van der Waals surface area contributed by atoms with Crippen LogP contribution in [0, 0.1) is 0 Å². The maximum Gasteiger partial charge on any atom is 0.0193 e. The fourth-order valence-electron chi connectivity index (χ4n) is 1.72. The van der Waals surface area contributed by atoms with Crippen molar-refractivity contribution < 1.29 is 0 Å². The first-order chi connectivity index (χ1) is 6.42. The van der Waals surface area contributed by atoms with Crippen molar-refractivity contribution in [3.8, 4) is 0 Å². The zero-order valence-corrected chi connectivity index (χ0v) is 8.73. The molecule has 1 aromatic carbocycles. The van der Waals surface area contributed by atoms with E-state index >= 15 is 0 Å². The monoisotopic (exact) mass is 190 g/mol. The van der Waals surface area contributed by atoms with Gasteiger partial charge in [-0.05, 0) is 23.1 Å². The third-order valence-electron chi connectivity index (χ3n) is 2.33. The molecule has 1 aliphatic rings. The summed E-state index contributed by atoms with van der Waals surface area (Å²) in [5.74, 6) is 2.36. The van der Waals surface area contributed by atoms with Crippen LogP contribution in [0.3, 0.4) is 0 Å². The molecule has 0 radical (unpaired) electrons. The molecule has 13 heavy (non-hydrogen) atoms. The highest BCUT2D eigenvalue weighted by atomic mass is 32.2. The molecule has 0 amide bonds. The van der Waals surface area contributed by atoms with E-state index in [0.717, 1.165) is 6.42 Å². The van der Waals surface area contributed by atoms with Crippen LogP contribution in [0.4, 0.5) is 0 Å². The van der Waals surface area contributed by atoms with Crippen molar-refractivity contribution in [2.45, 2.75) is 19.1 Å². The van der Waals surface area contributed by atoms with Crippen LogP contribution in [0.25, 0.3) is 5.57 Å². The van der Waals surface area contributed by atoms with Gasteiger partial charge < -0.3 is 0 Å². The Kier molecular flexibility index (Phi) is 2.74. The summed E-state index contributed by atoms with van der Waals surface area (Å²) in [4.78, 5) is 0. The maximum atomic E-state index is 2.35. The number of fused-ring (bicyclic) bond motifs is 1. The first kappa shape index (κ1) is 8.89. The summed E-state index contributed by atoms with van der Waals surface area (Å²) in [6.07, 6.45) is 3.50. The normalized spacial score (nSPS) is 18.7. The highest BCUT2D eigenvalue weighted by Gasteiger charge is 2.12.